The average Bonchev–Trinajstić information content (AvgIpc) is 2.65. The van der Waals surface area contributed by atoms with Crippen LogP contribution in [-0.4, -0.2) is 70.9 Å². The number of aromatic nitrogens is 2. The summed E-state index contributed by atoms with van der Waals surface area (Å²) in [5.74, 6) is 0.257. The predicted molar refractivity (Wildman–Crippen MR) is 79.1 cm³/mol. The Bertz CT molecular complexity index is 510. The lowest BCUT2D eigenvalue weighted by atomic mass is 10.2. The van der Waals surface area contributed by atoms with E-state index < -0.39 is 0 Å². The SMILES string of the molecule is Cc1cc(C)n(CC2CN(CC(=O)N3CCC3)CCO2)n1. The Labute approximate surface area is 125 Å². The van der Waals surface area contributed by atoms with Crippen molar-refractivity contribution < 1.29 is 9.53 Å². The molecule has 3 rings (SSSR count). The summed E-state index contributed by atoms with van der Waals surface area (Å²) >= 11 is 0. The van der Waals surface area contributed by atoms with Crippen molar-refractivity contribution in [1.29, 1.82) is 0 Å². The summed E-state index contributed by atoms with van der Waals surface area (Å²) in [5, 5.41) is 4.48. The summed E-state index contributed by atoms with van der Waals surface area (Å²) in [6.07, 6.45) is 1.26. The number of nitrogens with zero attached hydrogens (tertiary/aromatic N) is 4. The van der Waals surface area contributed by atoms with Crippen LogP contribution < -0.4 is 0 Å². The third-order valence-corrected chi connectivity index (χ3v) is 4.27. The highest BCUT2D eigenvalue weighted by molar-refractivity contribution is 5.78. The highest BCUT2D eigenvalue weighted by Gasteiger charge is 2.26. The van der Waals surface area contributed by atoms with Gasteiger partial charge in [0.05, 0.1) is 31.5 Å². The van der Waals surface area contributed by atoms with Gasteiger partial charge in [0.1, 0.15) is 0 Å². The molecule has 6 nitrogen and oxygen atoms in total. The van der Waals surface area contributed by atoms with E-state index in [1.807, 2.05) is 16.5 Å². The predicted octanol–water partition coefficient (Wildman–Crippen LogP) is 0.433. The molecule has 0 aromatic carbocycles. The molecule has 6 heteroatoms. The minimum absolute atomic E-state index is 0.112. The number of rotatable bonds is 4. The minimum Gasteiger partial charge on any atom is -0.374 e. The van der Waals surface area contributed by atoms with Crippen molar-refractivity contribution in [2.24, 2.45) is 0 Å². The number of ether oxygens (including phenoxy) is 1. The first-order valence-electron chi connectivity index (χ1n) is 7.74. The van der Waals surface area contributed by atoms with Crippen molar-refractivity contribution in [3.8, 4) is 0 Å². The second kappa shape index (κ2) is 6.15. The van der Waals surface area contributed by atoms with Gasteiger partial charge in [-0.25, -0.2) is 0 Å². The monoisotopic (exact) mass is 292 g/mol. The van der Waals surface area contributed by atoms with Crippen LogP contribution in [0.5, 0.6) is 0 Å². The van der Waals surface area contributed by atoms with Gasteiger partial charge in [-0.1, -0.05) is 0 Å². The topological polar surface area (TPSA) is 50.6 Å². The average molecular weight is 292 g/mol. The maximum Gasteiger partial charge on any atom is 0.236 e. The van der Waals surface area contributed by atoms with Crippen molar-refractivity contribution in [2.75, 3.05) is 39.3 Å². The first-order chi connectivity index (χ1) is 10.1. The highest BCUT2D eigenvalue weighted by Crippen LogP contribution is 2.12. The molecule has 1 amide bonds. The van der Waals surface area contributed by atoms with Crippen LogP contribution in [-0.2, 0) is 16.1 Å². The van der Waals surface area contributed by atoms with Crippen molar-refractivity contribution in [3.05, 3.63) is 17.5 Å². The molecule has 1 unspecified atom stereocenters. The van der Waals surface area contributed by atoms with Crippen LogP contribution in [0.25, 0.3) is 0 Å². The largest absolute Gasteiger partial charge is 0.374 e. The van der Waals surface area contributed by atoms with E-state index in [2.05, 4.69) is 23.0 Å². The zero-order valence-corrected chi connectivity index (χ0v) is 12.9. The van der Waals surface area contributed by atoms with Gasteiger partial charge in [-0.15, -0.1) is 0 Å². The quantitative estimate of drug-likeness (QED) is 0.808. The van der Waals surface area contributed by atoms with Gasteiger partial charge < -0.3 is 9.64 Å². The molecule has 2 fully saturated rings. The molecule has 1 atom stereocenters. The van der Waals surface area contributed by atoms with Gasteiger partial charge in [-0.05, 0) is 26.3 Å². The second-order valence-electron chi connectivity index (χ2n) is 6.07. The van der Waals surface area contributed by atoms with E-state index in [9.17, 15) is 4.79 Å². The number of aryl methyl sites for hydroxylation is 2. The Morgan fingerprint density at radius 3 is 2.81 bits per heavy atom. The van der Waals surface area contributed by atoms with E-state index in [0.29, 0.717) is 13.2 Å². The van der Waals surface area contributed by atoms with E-state index >= 15 is 0 Å². The zero-order chi connectivity index (χ0) is 14.8. The van der Waals surface area contributed by atoms with E-state index in [0.717, 1.165) is 50.5 Å². The standard InChI is InChI=1S/C15H24N4O2/c1-12-8-13(2)19(16-12)10-14-9-17(6-7-21-14)11-15(20)18-4-3-5-18/h8,14H,3-7,9-11H2,1-2H3. The summed E-state index contributed by atoms with van der Waals surface area (Å²) in [7, 11) is 0. The summed E-state index contributed by atoms with van der Waals surface area (Å²) in [5.41, 5.74) is 2.19. The molecule has 2 saturated heterocycles. The molecule has 21 heavy (non-hydrogen) atoms. The highest BCUT2D eigenvalue weighted by atomic mass is 16.5. The normalized spacial score (nSPS) is 23.1. The number of morpholine rings is 1. The maximum absolute atomic E-state index is 12.0. The van der Waals surface area contributed by atoms with Gasteiger partial charge in [0, 0.05) is 31.9 Å². The number of amides is 1. The van der Waals surface area contributed by atoms with Gasteiger partial charge in [0.15, 0.2) is 0 Å². The summed E-state index contributed by atoms with van der Waals surface area (Å²) in [4.78, 5) is 16.2. The van der Waals surface area contributed by atoms with Crippen LogP contribution >= 0.6 is 0 Å². The molecule has 2 aliphatic heterocycles. The molecule has 0 saturated carbocycles. The van der Waals surface area contributed by atoms with Crippen LogP contribution in [0.1, 0.15) is 17.8 Å². The molecule has 1 aromatic rings. The Morgan fingerprint density at radius 1 is 1.38 bits per heavy atom. The van der Waals surface area contributed by atoms with Gasteiger partial charge in [-0.2, -0.15) is 5.10 Å². The molecular weight excluding hydrogens is 268 g/mol. The summed E-state index contributed by atoms with van der Waals surface area (Å²) in [6, 6.07) is 2.08. The van der Waals surface area contributed by atoms with Crippen molar-refractivity contribution in [3.63, 3.8) is 0 Å². The van der Waals surface area contributed by atoms with Gasteiger partial charge in [0.25, 0.3) is 0 Å². The molecule has 1 aromatic heterocycles. The fourth-order valence-electron chi connectivity index (χ4n) is 2.94. The lowest BCUT2D eigenvalue weighted by Gasteiger charge is -2.36. The Balaban J connectivity index is 1.53. The molecule has 116 valence electrons. The van der Waals surface area contributed by atoms with Crippen molar-refractivity contribution in [2.45, 2.75) is 32.9 Å². The molecule has 0 bridgehead atoms. The number of hydrogen-bond donors (Lipinski definition) is 0. The number of hydrogen-bond acceptors (Lipinski definition) is 4. The third kappa shape index (κ3) is 3.44. The molecule has 0 N–H and O–H groups in total. The van der Waals surface area contributed by atoms with Crippen LogP contribution in [0.2, 0.25) is 0 Å². The Morgan fingerprint density at radius 2 is 2.19 bits per heavy atom. The third-order valence-electron chi connectivity index (χ3n) is 4.27. The molecule has 0 aliphatic carbocycles. The number of likely N-dealkylation sites (tertiary alicyclic amines) is 1. The van der Waals surface area contributed by atoms with E-state index in [4.69, 9.17) is 4.74 Å². The zero-order valence-electron chi connectivity index (χ0n) is 12.9. The number of carbonyl (C=O) groups excluding carboxylic acids is 1. The minimum atomic E-state index is 0.112. The van der Waals surface area contributed by atoms with E-state index in [1.54, 1.807) is 0 Å². The lowest BCUT2D eigenvalue weighted by Crippen LogP contribution is -2.51. The smallest absolute Gasteiger partial charge is 0.236 e. The molecule has 3 heterocycles. The maximum atomic E-state index is 12.0. The second-order valence-corrected chi connectivity index (χ2v) is 6.07. The fraction of sp³-hybridized carbons (Fsp3) is 0.733. The summed E-state index contributed by atoms with van der Waals surface area (Å²) < 4.78 is 7.83. The number of carbonyl (C=O) groups is 1. The van der Waals surface area contributed by atoms with E-state index in [1.165, 1.54) is 0 Å². The van der Waals surface area contributed by atoms with Crippen LogP contribution in [0.15, 0.2) is 6.07 Å². The Hall–Kier alpha value is -1.40. The van der Waals surface area contributed by atoms with Crippen LogP contribution in [0.3, 0.4) is 0 Å². The van der Waals surface area contributed by atoms with E-state index in [-0.39, 0.29) is 12.0 Å². The van der Waals surface area contributed by atoms with Gasteiger partial charge >= 0.3 is 0 Å². The van der Waals surface area contributed by atoms with Gasteiger partial charge in [-0.3, -0.25) is 14.4 Å². The van der Waals surface area contributed by atoms with Crippen molar-refractivity contribution in [1.82, 2.24) is 19.6 Å². The van der Waals surface area contributed by atoms with Crippen LogP contribution in [0.4, 0.5) is 0 Å². The summed E-state index contributed by atoms with van der Waals surface area (Å²) in [6.45, 7) is 9.54. The first-order valence-corrected chi connectivity index (χ1v) is 7.74. The molecular formula is C15H24N4O2. The first kappa shape index (κ1) is 14.5. The van der Waals surface area contributed by atoms with Crippen LogP contribution in [0, 0.1) is 13.8 Å². The molecule has 0 radical (unpaired) electrons. The van der Waals surface area contributed by atoms with Gasteiger partial charge in [0.2, 0.25) is 5.91 Å². The molecule has 2 aliphatic rings. The fourth-order valence-corrected chi connectivity index (χ4v) is 2.94. The Kier molecular flexibility index (Phi) is 4.26. The lowest BCUT2D eigenvalue weighted by molar-refractivity contribution is -0.138. The molecule has 0 spiro atoms. The van der Waals surface area contributed by atoms with Crippen molar-refractivity contribution >= 4 is 5.91 Å².